The molecule has 2 aliphatic rings. The Kier molecular flexibility index (Phi) is 7.80. The predicted molar refractivity (Wildman–Crippen MR) is 130 cm³/mol. The van der Waals surface area contributed by atoms with Crippen LogP contribution in [0.2, 0.25) is 0 Å². The van der Waals surface area contributed by atoms with Gasteiger partial charge in [0.05, 0.1) is 13.2 Å². The Hall–Kier alpha value is -2.68. The summed E-state index contributed by atoms with van der Waals surface area (Å²) < 4.78 is 19.8. The van der Waals surface area contributed by atoms with Crippen LogP contribution in [-0.4, -0.2) is 46.7 Å². The van der Waals surface area contributed by atoms with Gasteiger partial charge in [0.15, 0.2) is 11.6 Å². The summed E-state index contributed by atoms with van der Waals surface area (Å²) in [6.07, 6.45) is 10.1. The number of rotatable bonds is 8. The number of hydrogen-bond donors (Lipinski definition) is 3. The van der Waals surface area contributed by atoms with Crippen LogP contribution in [0.5, 0.6) is 5.75 Å². The quantitative estimate of drug-likeness (QED) is 0.501. The van der Waals surface area contributed by atoms with Crippen molar-refractivity contribution >= 4 is 23.5 Å². The van der Waals surface area contributed by atoms with Gasteiger partial charge in [-0.25, -0.2) is 4.39 Å². The zero-order valence-electron chi connectivity index (χ0n) is 19.7. The van der Waals surface area contributed by atoms with Crippen molar-refractivity contribution < 1.29 is 9.13 Å². The Morgan fingerprint density at radius 2 is 1.94 bits per heavy atom. The van der Waals surface area contributed by atoms with Crippen molar-refractivity contribution in [2.24, 2.45) is 0 Å². The van der Waals surface area contributed by atoms with Gasteiger partial charge in [-0.1, -0.05) is 32.6 Å². The van der Waals surface area contributed by atoms with Crippen LogP contribution >= 0.6 is 0 Å². The third kappa shape index (κ3) is 5.63. The average Bonchev–Trinajstić information content (AvgIpc) is 3.21. The standard InChI is InChI=1S/C24H36FN7O/c1-3-20(19-11-8-14-27-19)32(17-12-13-21(33-2)18(25)15-17)24-30-22(26)29-23(31-24)28-16-9-6-4-5-7-10-16/h12-13,15-16,19-20,27H,3-11,14H2,1-2H3,(H3,26,28,29,30,31). The topological polar surface area (TPSA) is 101 Å². The summed E-state index contributed by atoms with van der Waals surface area (Å²) in [5, 5.41) is 7.07. The average molecular weight is 458 g/mol. The van der Waals surface area contributed by atoms with E-state index in [-0.39, 0.29) is 23.8 Å². The molecule has 2 fully saturated rings. The van der Waals surface area contributed by atoms with Crippen molar-refractivity contribution in [3.05, 3.63) is 24.0 Å². The van der Waals surface area contributed by atoms with Gasteiger partial charge in [0, 0.05) is 23.8 Å². The van der Waals surface area contributed by atoms with E-state index in [1.807, 2.05) is 11.0 Å². The third-order valence-corrected chi connectivity index (χ3v) is 6.77. The number of nitrogen functional groups attached to an aromatic ring is 1. The zero-order valence-corrected chi connectivity index (χ0v) is 19.7. The molecule has 33 heavy (non-hydrogen) atoms. The van der Waals surface area contributed by atoms with Gasteiger partial charge in [-0.15, -0.1) is 0 Å². The highest BCUT2D eigenvalue weighted by molar-refractivity contribution is 5.62. The molecule has 0 amide bonds. The second-order valence-electron chi connectivity index (χ2n) is 9.02. The predicted octanol–water partition coefficient (Wildman–Crippen LogP) is 4.40. The molecule has 2 atom stereocenters. The maximum atomic E-state index is 14.7. The molecule has 4 rings (SSSR count). The van der Waals surface area contributed by atoms with Crippen molar-refractivity contribution in [3.8, 4) is 5.75 Å². The molecule has 1 aliphatic carbocycles. The first kappa shape index (κ1) is 23.5. The number of benzene rings is 1. The van der Waals surface area contributed by atoms with E-state index in [4.69, 9.17) is 15.5 Å². The van der Waals surface area contributed by atoms with Crippen molar-refractivity contribution in [1.82, 2.24) is 20.3 Å². The second kappa shape index (κ2) is 11.0. The van der Waals surface area contributed by atoms with E-state index in [0.29, 0.717) is 23.6 Å². The molecule has 1 aliphatic heterocycles. The van der Waals surface area contributed by atoms with Crippen LogP contribution in [-0.2, 0) is 0 Å². The van der Waals surface area contributed by atoms with Gasteiger partial charge in [0.1, 0.15) is 0 Å². The summed E-state index contributed by atoms with van der Waals surface area (Å²) in [4.78, 5) is 15.6. The molecule has 0 spiro atoms. The lowest BCUT2D eigenvalue weighted by atomic mass is 10.0. The maximum absolute atomic E-state index is 14.7. The van der Waals surface area contributed by atoms with Gasteiger partial charge < -0.3 is 26.0 Å². The monoisotopic (exact) mass is 457 g/mol. The fourth-order valence-corrected chi connectivity index (χ4v) is 5.11. The number of nitrogens with zero attached hydrogens (tertiary/aromatic N) is 4. The van der Waals surface area contributed by atoms with Crippen molar-refractivity contribution in [1.29, 1.82) is 0 Å². The number of aromatic nitrogens is 3. The molecule has 2 unspecified atom stereocenters. The van der Waals surface area contributed by atoms with Crippen LogP contribution in [0.4, 0.5) is 27.9 Å². The summed E-state index contributed by atoms with van der Waals surface area (Å²) >= 11 is 0. The molecule has 1 saturated heterocycles. The van der Waals surface area contributed by atoms with E-state index in [0.717, 1.165) is 38.6 Å². The highest BCUT2D eigenvalue weighted by Crippen LogP contribution is 2.33. The normalized spacial score (nSPS) is 20.3. The minimum Gasteiger partial charge on any atom is -0.494 e. The first-order chi connectivity index (χ1) is 16.1. The Morgan fingerprint density at radius 1 is 1.15 bits per heavy atom. The molecule has 0 bridgehead atoms. The number of halogens is 1. The van der Waals surface area contributed by atoms with Gasteiger partial charge in [-0.3, -0.25) is 0 Å². The molecule has 180 valence electrons. The molecule has 2 heterocycles. The Balaban J connectivity index is 1.71. The Labute approximate surface area is 195 Å². The molecular formula is C24H36FN7O. The number of ether oxygens (including phenoxy) is 1. The highest BCUT2D eigenvalue weighted by atomic mass is 19.1. The molecule has 4 N–H and O–H groups in total. The lowest BCUT2D eigenvalue weighted by Gasteiger charge is -2.35. The van der Waals surface area contributed by atoms with Gasteiger partial charge in [0.2, 0.25) is 17.8 Å². The third-order valence-electron chi connectivity index (χ3n) is 6.77. The minimum absolute atomic E-state index is 0.0350. The van der Waals surface area contributed by atoms with E-state index in [2.05, 4.69) is 27.5 Å². The van der Waals surface area contributed by atoms with Gasteiger partial charge in [-0.05, 0) is 50.8 Å². The zero-order chi connectivity index (χ0) is 23.2. The number of hydrogen-bond acceptors (Lipinski definition) is 8. The minimum atomic E-state index is -0.423. The maximum Gasteiger partial charge on any atom is 0.236 e. The lowest BCUT2D eigenvalue weighted by molar-refractivity contribution is 0.386. The molecule has 1 saturated carbocycles. The van der Waals surface area contributed by atoms with Crippen LogP contribution in [0.25, 0.3) is 0 Å². The Bertz CT molecular complexity index is 914. The molecule has 1 aromatic heterocycles. The molecule has 0 radical (unpaired) electrons. The number of anilines is 4. The van der Waals surface area contributed by atoms with Gasteiger partial charge >= 0.3 is 0 Å². The summed E-state index contributed by atoms with van der Waals surface area (Å²) in [6, 6.07) is 5.57. The number of nitrogens with one attached hydrogen (secondary N) is 2. The van der Waals surface area contributed by atoms with E-state index in [9.17, 15) is 4.39 Å². The van der Waals surface area contributed by atoms with Crippen molar-refractivity contribution in [2.75, 3.05) is 29.6 Å². The Morgan fingerprint density at radius 3 is 2.58 bits per heavy atom. The fourth-order valence-electron chi connectivity index (χ4n) is 5.11. The first-order valence-corrected chi connectivity index (χ1v) is 12.2. The van der Waals surface area contributed by atoms with E-state index in [1.165, 1.54) is 38.9 Å². The highest BCUT2D eigenvalue weighted by Gasteiger charge is 2.32. The van der Waals surface area contributed by atoms with Crippen molar-refractivity contribution in [2.45, 2.75) is 82.8 Å². The molecule has 2 aromatic rings. The summed E-state index contributed by atoms with van der Waals surface area (Å²) in [5.74, 6) is 0.857. The van der Waals surface area contributed by atoms with Crippen molar-refractivity contribution in [3.63, 3.8) is 0 Å². The van der Waals surface area contributed by atoms with Crippen LogP contribution in [0.1, 0.15) is 64.7 Å². The summed E-state index contributed by atoms with van der Waals surface area (Å²) in [6.45, 7) is 3.10. The van der Waals surface area contributed by atoms with E-state index >= 15 is 0 Å². The molecular weight excluding hydrogens is 421 g/mol. The largest absolute Gasteiger partial charge is 0.494 e. The van der Waals surface area contributed by atoms with Gasteiger partial charge in [0.25, 0.3) is 0 Å². The summed E-state index contributed by atoms with van der Waals surface area (Å²) in [7, 11) is 1.46. The molecule has 1 aromatic carbocycles. The number of methoxy groups -OCH3 is 1. The lowest BCUT2D eigenvalue weighted by Crippen LogP contribution is -2.46. The first-order valence-electron chi connectivity index (χ1n) is 12.2. The van der Waals surface area contributed by atoms with Crippen LogP contribution in [0.3, 0.4) is 0 Å². The SMILES string of the molecule is CCC(C1CCCN1)N(c1ccc(OC)c(F)c1)c1nc(N)nc(NC2CCCCCC2)n1. The van der Waals surface area contributed by atoms with Crippen LogP contribution < -0.4 is 26.0 Å². The van der Waals surface area contributed by atoms with Gasteiger partial charge in [-0.2, -0.15) is 15.0 Å². The van der Waals surface area contributed by atoms with E-state index < -0.39 is 5.82 Å². The van der Waals surface area contributed by atoms with E-state index in [1.54, 1.807) is 6.07 Å². The fraction of sp³-hybridized carbons (Fsp3) is 0.625. The number of nitrogens with two attached hydrogens (primary N) is 1. The molecule has 9 heteroatoms. The smallest absolute Gasteiger partial charge is 0.236 e. The summed E-state index contributed by atoms with van der Waals surface area (Å²) in [5.41, 5.74) is 6.81. The van der Waals surface area contributed by atoms with Crippen LogP contribution in [0.15, 0.2) is 18.2 Å². The second-order valence-corrected chi connectivity index (χ2v) is 9.02. The van der Waals surface area contributed by atoms with Crippen LogP contribution in [0, 0.1) is 5.82 Å². The molecule has 8 nitrogen and oxygen atoms in total.